The van der Waals surface area contributed by atoms with E-state index in [1.807, 2.05) is 26.1 Å². The molecule has 3 saturated carbocycles. The van der Waals surface area contributed by atoms with Gasteiger partial charge >= 0.3 is 5.97 Å². The topological polar surface area (TPSA) is 92.0 Å². The van der Waals surface area contributed by atoms with Crippen molar-refractivity contribution in [2.75, 3.05) is 6.54 Å². The maximum atomic E-state index is 17.4. The molecule has 2 aromatic rings. The Bertz CT molecular complexity index is 1480. The third kappa shape index (κ3) is 2.92. The van der Waals surface area contributed by atoms with Gasteiger partial charge in [0.2, 0.25) is 0 Å². The van der Waals surface area contributed by atoms with Crippen molar-refractivity contribution in [1.82, 2.24) is 9.63 Å². The molecule has 1 aromatic heterocycles. The summed E-state index contributed by atoms with van der Waals surface area (Å²) in [5.74, 6) is -2.33. The number of aliphatic hydroxyl groups is 1. The Balaban J connectivity index is 1.24. The van der Waals surface area contributed by atoms with Gasteiger partial charge in [-0.2, -0.15) is 5.06 Å². The van der Waals surface area contributed by atoms with Crippen LogP contribution in [0.25, 0.3) is 10.9 Å². The van der Waals surface area contributed by atoms with Crippen LogP contribution in [0.2, 0.25) is 0 Å². The van der Waals surface area contributed by atoms with Crippen molar-refractivity contribution in [2.24, 2.45) is 35.6 Å². The van der Waals surface area contributed by atoms with Gasteiger partial charge in [0, 0.05) is 53.4 Å². The van der Waals surface area contributed by atoms with E-state index in [1.54, 1.807) is 18.1 Å². The Morgan fingerprint density at radius 1 is 1.23 bits per heavy atom. The molecule has 8 heteroatoms. The van der Waals surface area contributed by atoms with E-state index in [0.29, 0.717) is 32.4 Å². The highest BCUT2D eigenvalue weighted by Crippen LogP contribution is 2.72. The minimum atomic E-state index is -1.99. The van der Waals surface area contributed by atoms with Crippen LogP contribution in [0.4, 0.5) is 4.39 Å². The molecule has 2 heterocycles. The molecule has 5 aliphatic rings. The highest BCUT2D eigenvalue weighted by atomic mass is 19.1. The van der Waals surface area contributed by atoms with Gasteiger partial charge in [-0.25, -0.2) is 9.18 Å². The van der Waals surface area contributed by atoms with E-state index >= 15 is 4.39 Å². The normalized spacial score (nSPS) is 43.1. The first-order chi connectivity index (χ1) is 18.5. The molecular weight excluding hydrogens is 499 g/mol. The predicted octanol–water partition coefficient (Wildman–Crippen LogP) is 4.35. The van der Waals surface area contributed by atoms with Gasteiger partial charge in [0.05, 0.1) is 12.6 Å². The molecule has 1 saturated heterocycles. The second-order valence-electron chi connectivity index (χ2n) is 12.9. The zero-order chi connectivity index (χ0) is 27.5. The molecule has 8 atom stereocenters. The van der Waals surface area contributed by atoms with E-state index in [2.05, 4.69) is 22.9 Å². The molecule has 39 heavy (non-hydrogen) atoms. The number of hydroxylamine groups is 2. The number of hydrogen-bond acceptors (Lipinski definition) is 5. The number of allylic oxidation sites excluding steroid dienone is 4. The molecule has 0 radical (unpaired) electrons. The number of alkyl halides is 1. The fourth-order valence-electron chi connectivity index (χ4n) is 9.53. The number of para-hydroxylation sites is 1. The lowest BCUT2D eigenvalue weighted by molar-refractivity contribution is -0.274. The van der Waals surface area contributed by atoms with E-state index in [-0.39, 0.29) is 24.0 Å². The van der Waals surface area contributed by atoms with Crippen molar-refractivity contribution < 1.29 is 29.0 Å². The van der Waals surface area contributed by atoms with Gasteiger partial charge in [0.25, 0.3) is 0 Å². The maximum Gasteiger partial charge on any atom is 0.339 e. The van der Waals surface area contributed by atoms with Gasteiger partial charge in [-0.05, 0) is 62.3 Å². The number of carboxylic acid groups (broad SMARTS) is 1. The summed E-state index contributed by atoms with van der Waals surface area (Å²) in [4.78, 5) is 31.7. The second-order valence-corrected chi connectivity index (χ2v) is 12.9. The number of aliphatic carboxylic acids is 1. The maximum absolute atomic E-state index is 17.4. The lowest BCUT2D eigenvalue weighted by atomic mass is 9.45. The molecule has 206 valence electrons. The Morgan fingerprint density at radius 3 is 2.77 bits per heavy atom. The van der Waals surface area contributed by atoms with Crippen molar-refractivity contribution in [3.05, 3.63) is 59.8 Å². The van der Waals surface area contributed by atoms with E-state index in [1.165, 1.54) is 12.2 Å². The number of hydrogen-bond donors (Lipinski definition) is 2. The van der Waals surface area contributed by atoms with Crippen molar-refractivity contribution >= 4 is 22.7 Å². The molecule has 1 aromatic carbocycles. The first-order valence-electron chi connectivity index (χ1n) is 14.0. The van der Waals surface area contributed by atoms with Crippen LogP contribution in [-0.2, 0) is 28.0 Å². The molecule has 0 bridgehead atoms. The number of aromatic nitrogens is 1. The second kappa shape index (κ2) is 7.89. The number of aryl methyl sites for hydroxylation is 1. The number of benzene rings is 1. The molecule has 4 aliphatic carbocycles. The predicted molar refractivity (Wildman–Crippen MR) is 142 cm³/mol. The SMILES string of the molecule is Cn1cc(CN2C[C@@H]3C[C@H]4[C@@H]5CCC6=CC(=O)C=C[C@]6(C)[C@@]5(F)[C@@H](O)C[C@]4(C)[C@]3(C(=O)O)O2)c2ccccc21. The summed E-state index contributed by atoms with van der Waals surface area (Å²) in [5, 5.41) is 25.2. The van der Waals surface area contributed by atoms with Crippen LogP contribution in [-0.4, -0.2) is 55.5 Å². The zero-order valence-electron chi connectivity index (χ0n) is 22.6. The fraction of sp³-hybridized carbons (Fsp3) is 0.548. The van der Waals surface area contributed by atoms with Gasteiger partial charge in [-0.15, -0.1) is 0 Å². The number of carbonyl (C=O) groups is 2. The van der Waals surface area contributed by atoms with Gasteiger partial charge in [-0.3, -0.25) is 9.63 Å². The largest absolute Gasteiger partial charge is 0.479 e. The van der Waals surface area contributed by atoms with E-state index in [0.717, 1.165) is 22.0 Å². The van der Waals surface area contributed by atoms with Crippen LogP contribution in [0.1, 0.15) is 45.1 Å². The third-order valence-electron chi connectivity index (χ3n) is 11.3. The fourth-order valence-corrected chi connectivity index (χ4v) is 9.53. The molecular formula is C31H35FN2O5. The van der Waals surface area contributed by atoms with Crippen LogP contribution in [0, 0.1) is 28.6 Å². The summed E-state index contributed by atoms with van der Waals surface area (Å²) in [5.41, 5.74) is -2.71. The van der Waals surface area contributed by atoms with Crippen LogP contribution in [0.5, 0.6) is 0 Å². The average Bonchev–Trinajstić information content (AvgIpc) is 3.49. The summed E-state index contributed by atoms with van der Waals surface area (Å²) >= 11 is 0. The highest BCUT2D eigenvalue weighted by molar-refractivity contribution is 6.01. The molecule has 2 N–H and O–H groups in total. The number of halogens is 1. The number of aliphatic hydroxyl groups excluding tert-OH is 1. The molecule has 0 unspecified atom stereocenters. The summed E-state index contributed by atoms with van der Waals surface area (Å²) in [6.07, 6.45) is 6.76. The zero-order valence-corrected chi connectivity index (χ0v) is 22.6. The summed E-state index contributed by atoms with van der Waals surface area (Å²) in [7, 11) is 1.99. The first kappa shape index (κ1) is 25.2. The Hall–Kier alpha value is -2.81. The molecule has 1 aliphatic heterocycles. The van der Waals surface area contributed by atoms with Crippen LogP contribution in [0.15, 0.2) is 54.3 Å². The number of carboxylic acids is 1. The van der Waals surface area contributed by atoms with E-state index < -0.39 is 40.1 Å². The number of rotatable bonds is 3. The number of fused-ring (bicyclic) bond motifs is 8. The number of carbonyl (C=O) groups excluding carboxylic acids is 1. The molecule has 0 spiro atoms. The molecule has 7 nitrogen and oxygen atoms in total. The standard InChI is InChI=1S/C31H35FN2O5/c1-28-11-10-21(35)12-19(28)8-9-23-24-13-20-17-34(16-18-15-33(3)25-7-5-4-6-22(18)25)39-31(20,27(37)38)29(24,2)14-26(36)30(23,28)32/h4-7,10-12,15,20,23-24,26,36H,8-9,13-14,16-17H2,1-3H3,(H,37,38)/t20-,23-,24-,26-,28-,29-,30-,31-/m0/s1. The molecule has 0 amide bonds. The quantitative estimate of drug-likeness (QED) is 0.609. The summed E-state index contributed by atoms with van der Waals surface area (Å²) < 4.78 is 19.5. The van der Waals surface area contributed by atoms with E-state index in [9.17, 15) is 19.8 Å². The van der Waals surface area contributed by atoms with Crippen LogP contribution < -0.4 is 0 Å². The minimum absolute atomic E-state index is 0.0137. The van der Waals surface area contributed by atoms with Crippen molar-refractivity contribution in [3.8, 4) is 0 Å². The van der Waals surface area contributed by atoms with Gasteiger partial charge in [-0.1, -0.05) is 36.8 Å². The van der Waals surface area contributed by atoms with E-state index in [4.69, 9.17) is 4.84 Å². The highest BCUT2D eigenvalue weighted by Gasteiger charge is 2.79. The van der Waals surface area contributed by atoms with Crippen LogP contribution in [0.3, 0.4) is 0 Å². The lowest BCUT2D eigenvalue weighted by Gasteiger charge is -2.62. The van der Waals surface area contributed by atoms with Gasteiger partial charge in [0.1, 0.15) is 0 Å². The summed E-state index contributed by atoms with van der Waals surface area (Å²) in [6, 6.07) is 8.10. The third-order valence-corrected chi connectivity index (χ3v) is 11.3. The van der Waals surface area contributed by atoms with Crippen molar-refractivity contribution in [2.45, 2.75) is 63.4 Å². The molecule has 4 fully saturated rings. The van der Waals surface area contributed by atoms with Gasteiger partial charge < -0.3 is 14.8 Å². The van der Waals surface area contributed by atoms with Crippen LogP contribution >= 0.6 is 0 Å². The van der Waals surface area contributed by atoms with Crippen molar-refractivity contribution in [1.29, 1.82) is 0 Å². The Morgan fingerprint density at radius 2 is 2.00 bits per heavy atom. The minimum Gasteiger partial charge on any atom is -0.479 e. The summed E-state index contributed by atoms with van der Waals surface area (Å²) in [6.45, 7) is 4.55. The smallest absolute Gasteiger partial charge is 0.339 e. The monoisotopic (exact) mass is 534 g/mol. The Labute approximate surface area is 226 Å². The first-order valence-corrected chi connectivity index (χ1v) is 14.0. The van der Waals surface area contributed by atoms with Crippen molar-refractivity contribution in [3.63, 3.8) is 0 Å². The lowest BCUT2D eigenvalue weighted by Crippen LogP contribution is -2.69. The molecule has 7 rings (SSSR count). The number of ketones is 1. The number of nitrogens with zero attached hydrogens (tertiary/aromatic N) is 2. The van der Waals surface area contributed by atoms with Gasteiger partial charge in [0.15, 0.2) is 17.1 Å². The Kier molecular flexibility index (Phi) is 5.10. The average molecular weight is 535 g/mol.